The molecular weight excluding hydrogens is 194 g/mol. The smallest absolute Gasteiger partial charge is 0.323 e. The van der Waals surface area contributed by atoms with Gasteiger partial charge < -0.3 is 15.9 Å². The Morgan fingerprint density at radius 1 is 1.33 bits per heavy atom. The molecule has 0 amide bonds. The average molecular weight is 209 g/mol. The zero-order valence-corrected chi connectivity index (χ0v) is 8.34. The summed E-state index contributed by atoms with van der Waals surface area (Å²) in [6.45, 7) is 0. The largest absolute Gasteiger partial charge is 0.480 e. The molecule has 0 spiro atoms. The van der Waals surface area contributed by atoms with Gasteiger partial charge in [0.15, 0.2) is 0 Å². The van der Waals surface area contributed by atoms with E-state index in [1.165, 1.54) is 0 Å². The van der Waals surface area contributed by atoms with Crippen LogP contribution in [0.2, 0.25) is 0 Å². The third-order valence-electron chi connectivity index (χ3n) is 2.27. The molecule has 0 bridgehead atoms. The van der Waals surface area contributed by atoms with Crippen LogP contribution in [-0.2, 0) is 11.2 Å². The highest BCUT2D eigenvalue weighted by Crippen LogP contribution is 2.06. The lowest BCUT2D eigenvalue weighted by Crippen LogP contribution is -2.41. The molecule has 15 heavy (non-hydrogen) atoms. The molecule has 0 saturated carbocycles. The van der Waals surface area contributed by atoms with E-state index in [0.29, 0.717) is 12.8 Å². The Morgan fingerprint density at radius 3 is 2.47 bits per heavy atom. The summed E-state index contributed by atoms with van der Waals surface area (Å²) < 4.78 is 0. The molecule has 0 aliphatic rings. The summed E-state index contributed by atoms with van der Waals surface area (Å²) in [7, 11) is 0. The normalized spacial score (nSPS) is 14.5. The minimum Gasteiger partial charge on any atom is -0.480 e. The lowest BCUT2D eigenvalue weighted by molar-refractivity contribution is -0.141. The van der Waals surface area contributed by atoms with Crippen molar-refractivity contribution < 1.29 is 15.0 Å². The molecule has 0 saturated heterocycles. The van der Waals surface area contributed by atoms with Crippen molar-refractivity contribution in [2.24, 2.45) is 5.73 Å². The maximum Gasteiger partial charge on any atom is 0.323 e. The standard InChI is InChI=1S/C11H15NO3/c12-10(11(14)15)9(13)7-6-8-4-2-1-3-5-8/h1-5,9-10,13H,6-7,12H2,(H,14,15). The number of carboxylic acids is 1. The van der Waals surface area contributed by atoms with Crippen LogP contribution >= 0.6 is 0 Å². The van der Waals surface area contributed by atoms with Crippen LogP contribution in [0, 0.1) is 0 Å². The fourth-order valence-corrected chi connectivity index (χ4v) is 1.30. The summed E-state index contributed by atoms with van der Waals surface area (Å²) in [4.78, 5) is 10.5. The third kappa shape index (κ3) is 3.69. The number of benzene rings is 1. The minimum atomic E-state index is -1.20. The highest BCUT2D eigenvalue weighted by atomic mass is 16.4. The minimum absolute atomic E-state index is 0.359. The predicted octanol–water partition coefficient (Wildman–Crippen LogP) is 0.392. The molecule has 4 nitrogen and oxygen atoms in total. The number of aliphatic carboxylic acids is 1. The van der Waals surface area contributed by atoms with Gasteiger partial charge in [-0.3, -0.25) is 4.79 Å². The molecule has 82 valence electrons. The van der Waals surface area contributed by atoms with Crippen molar-refractivity contribution in [2.45, 2.75) is 25.0 Å². The van der Waals surface area contributed by atoms with Gasteiger partial charge in [0.1, 0.15) is 6.04 Å². The van der Waals surface area contributed by atoms with Gasteiger partial charge in [0.25, 0.3) is 0 Å². The summed E-state index contributed by atoms with van der Waals surface area (Å²) in [5.41, 5.74) is 6.34. The Kier molecular flexibility index (Phi) is 4.27. The molecule has 1 rings (SSSR count). The predicted molar refractivity (Wildman–Crippen MR) is 56.4 cm³/mol. The fraction of sp³-hybridized carbons (Fsp3) is 0.364. The van der Waals surface area contributed by atoms with Crippen molar-refractivity contribution in [2.75, 3.05) is 0 Å². The number of carbonyl (C=O) groups is 1. The number of nitrogens with two attached hydrogens (primary N) is 1. The van der Waals surface area contributed by atoms with E-state index in [1.807, 2.05) is 30.3 Å². The zero-order chi connectivity index (χ0) is 11.3. The second-order valence-electron chi connectivity index (χ2n) is 3.46. The molecule has 4 N–H and O–H groups in total. The number of aliphatic hydroxyl groups is 1. The van der Waals surface area contributed by atoms with Crippen molar-refractivity contribution in [3.63, 3.8) is 0 Å². The maximum absolute atomic E-state index is 10.5. The molecule has 0 heterocycles. The van der Waals surface area contributed by atoms with Crippen LogP contribution < -0.4 is 5.73 Å². The van der Waals surface area contributed by atoms with E-state index in [-0.39, 0.29) is 0 Å². The van der Waals surface area contributed by atoms with Crippen LogP contribution in [0.3, 0.4) is 0 Å². The lowest BCUT2D eigenvalue weighted by atomic mass is 10.0. The van der Waals surface area contributed by atoms with Crippen LogP contribution in [0.1, 0.15) is 12.0 Å². The highest BCUT2D eigenvalue weighted by Gasteiger charge is 2.21. The van der Waals surface area contributed by atoms with Crippen LogP contribution in [-0.4, -0.2) is 28.3 Å². The van der Waals surface area contributed by atoms with Gasteiger partial charge in [-0.2, -0.15) is 0 Å². The Balaban J connectivity index is 2.41. The highest BCUT2D eigenvalue weighted by molar-refractivity contribution is 5.73. The van der Waals surface area contributed by atoms with Crippen molar-refractivity contribution >= 4 is 5.97 Å². The Labute approximate surface area is 88.3 Å². The topological polar surface area (TPSA) is 83.6 Å². The molecule has 0 fully saturated rings. The molecule has 0 aliphatic carbocycles. The van der Waals surface area contributed by atoms with Crippen LogP contribution in [0.5, 0.6) is 0 Å². The van der Waals surface area contributed by atoms with E-state index in [9.17, 15) is 9.90 Å². The molecule has 4 heteroatoms. The number of carboxylic acid groups (broad SMARTS) is 1. The van der Waals surface area contributed by atoms with Gasteiger partial charge in [-0.1, -0.05) is 30.3 Å². The SMILES string of the molecule is NC(C(=O)O)C(O)CCc1ccccc1. The van der Waals surface area contributed by atoms with E-state index in [1.54, 1.807) is 0 Å². The van der Waals surface area contributed by atoms with Crippen molar-refractivity contribution in [1.29, 1.82) is 0 Å². The number of hydrogen-bond acceptors (Lipinski definition) is 3. The maximum atomic E-state index is 10.5. The van der Waals surface area contributed by atoms with Gasteiger partial charge in [-0.05, 0) is 18.4 Å². The Hall–Kier alpha value is -1.39. The zero-order valence-electron chi connectivity index (χ0n) is 8.34. The first-order valence-corrected chi connectivity index (χ1v) is 4.81. The van der Waals surface area contributed by atoms with Crippen LogP contribution in [0.15, 0.2) is 30.3 Å². The summed E-state index contributed by atoms with van der Waals surface area (Å²) in [5.74, 6) is -1.17. The molecule has 0 radical (unpaired) electrons. The molecule has 2 atom stereocenters. The quantitative estimate of drug-likeness (QED) is 0.655. The van der Waals surface area contributed by atoms with E-state index < -0.39 is 18.1 Å². The van der Waals surface area contributed by atoms with E-state index in [4.69, 9.17) is 10.8 Å². The van der Waals surface area contributed by atoms with E-state index >= 15 is 0 Å². The van der Waals surface area contributed by atoms with Crippen LogP contribution in [0.25, 0.3) is 0 Å². The first kappa shape index (κ1) is 11.7. The number of hydrogen-bond donors (Lipinski definition) is 3. The molecular formula is C11H15NO3. The molecule has 1 aromatic rings. The fourth-order valence-electron chi connectivity index (χ4n) is 1.30. The molecule has 0 aromatic heterocycles. The van der Waals surface area contributed by atoms with Gasteiger partial charge in [0.05, 0.1) is 6.10 Å². The summed E-state index contributed by atoms with van der Waals surface area (Å²) in [6, 6.07) is 8.37. The Bertz CT molecular complexity index is 313. The van der Waals surface area contributed by atoms with Gasteiger partial charge in [0.2, 0.25) is 0 Å². The lowest BCUT2D eigenvalue weighted by Gasteiger charge is -2.14. The van der Waals surface area contributed by atoms with E-state index in [2.05, 4.69) is 0 Å². The average Bonchev–Trinajstić information content (AvgIpc) is 2.26. The summed E-state index contributed by atoms with van der Waals surface area (Å²) in [5, 5.41) is 18.0. The van der Waals surface area contributed by atoms with Crippen molar-refractivity contribution in [1.82, 2.24) is 0 Å². The summed E-state index contributed by atoms with van der Waals surface area (Å²) >= 11 is 0. The second-order valence-corrected chi connectivity index (χ2v) is 3.46. The Morgan fingerprint density at radius 2 is 1.93 bits per heavy atom. The number of rotatable bonds is 5. The number of aryl methyl sites for hydroxylation is 1. The first-order valence-electron chi connectivity index (χ1n) is 4.81. The molecule has 0 aliphatic heterocycles. The third-order valence-corrected chi connectivity index (χ3v) is 2.27. The number of aliphatic hydroxyl groups excluding tert-OH is 1. The monoisotopic (exact) mass is 209 g/mol. The molecule has 2 unspecified atom stereocenters. The first-order chi connectivity index (χ1) is 7.11. The van der Waals surface area contributed by atoms with Gasteiger partial charge >= 0.3 is 5.97 Å². The van der Waals surface area contributed by atoms with Gasteiger partial charge in [0, 0.05) is 0 Å². The van der Waals surface area contributed by atoms with Gasteiger partial charge in [-0.15, -0.1) is 0 Å². The van der Waals surface area contributed by atoms with E-state index in [0.717, 1.165) is 5.56 Å². The van der Waals surface area contributed by atoms with Crippen LogP contribution in [0.4, 0.5) is 0 Å². The van der Waals surface area contributed by atoms with Crippen molar-refractivity contribution in [3.05, 3.63) is 35.9 Å². The van der Waals surface area contributed by atoms with Gasteiger partial charge in [-0.25, -0.2) is 0 Å². The second kappa shape index (κ2) is 5.48. The summed E-state index contributed by atoms with van der Waals surface area (Å²) in [6.07, 6.45) is -0.0109. The molecule has 1 aromatic carbocycles. The van der Waals surface area contributed by atoms with Crippen molar-refractivity contribution in [3.8, 4) is 0 Å².